The Kier molecular flexibility index (Phi) is 6.12. The van der Waals surface area contributed by atoms with Gasteiger partial charge in [-0.15, -0.1) is 0 Å². The molecule has 0 radical (unpaired) electrons. The van der Waals surface area contributed by atoms with E-state index in [4.69, 9.17) is 5.11 Å². The van der Waals surface area contributed by atoms with Gasteiger partial charge in [0.15, 0.2) is 0 Å². The van der Waals surface area contributed by atoms with Gasteiger partial charge in [-0.25, -0.2) is 0 Å². The third-order valence-electron chi connectivity index (χ3n) is 3.68. The lowest BCUT2D eigenvalue weighted by molar-refractivity contribution is -0.142. The number of hydrogen-bond donors (Lipinski definition) is 2. The van der Waals surface area contributed by atoms with Crippen molar-refractivity contribution in [3.8, 4) is 0 Å². The van der Waals surface area contributed by atoms with Gasteiger partial charge in [0, 0.05) is 19.0 Å². The molecule has 1 rings (SSSR count). The van der Waals surface area contributed by atoms with Crippen LogP contribution in [0.5, 0.6) is 0 Å². The molecule has 0 aromatic rings. The van der Waals surface area contributed by atoms with Crippen LogP contribution in [-0.4, -0.2) is 47.6 Å². The molecule has 0 aliphatic heterocycles. The Labute approximate surface area is 109 Å². The van der Waals surface area contributed by atoms with Gasteiger partial charge in [-0.3, -0.25) is 14.5 Å². The fourth-order valence-electron chi connectivity index (χ4n) is 2.21. The Bertz CT molecular complexity index is 288. The number of rotatable bonds is 6. The monoisotopic (exact) mass is 256 g/mol. The summed E-state index contributed by atoms with van der Waals surface area (Å²) in [7, 11) is 1.73. The van der Waals surface area contributed by atoms with Crippen molar-refractivity contribution in [2.75, 3.05) is 13.6 Å². The second-order valence-electron chi connectivity index (χ2n) is 5.15. The molecule has 0 saturated heterocycles. The second kappa shape index (κ2) is 7.36. The van der Waals surface area contributed by atoms with Gasteiger partial charge in [0.1, 0.15) is 6.04 Å². The molecule has 1 atom stereocenters. The van der Waals surface area contributed by atoms with Gasteiger partial charge in [0.25, 0.3) is 0 Å². The quantitative estimate of drug-likeness (QED) is 0.750. The Hall–Kier alpha value is -1.10. The number of carbonyl (C=O) groups excluding carboxylic acids is 1. The zero-order valence-electron chi connectivity index (χ0n) is 11.3. The first-order valence-electron chi connectivity index (χ1n) is 6.73. The molecule has 1 amide bonds. The van der Waals surface area contributed by atoms with Gasteiger partial charge in [-0.2, -0.15) is 0 Å². The number of carboxylic acids is 1. The normalized spacial score (nSPS) is 18.6. The van der Waals surface area contributed by atoms with E-state index < -0.39 is 12.0 Å². The van der Waals surface area contributed by atoms with E-state index in [9.17, 15) is 9.59 Å². The van der Waals surface area contributed by atoms with Crippen molar-refractivity contribution in [2.45, 2.75) is 57.5 Å². The first-order chi connectivity index (χ1) is 8.50. The van der Waals surface area contributed by atoms with E-state index in [0.29, 0.717) is 19.0 Å². The van der Waals surface area contributed by atoms with Gasteiger partial charge < -0.3 is 10.4 Å². The first kappa shape index (κ1) is 15.0. The van der Waals surface area contributed by atoms with Crippen molar-refractivity contribution in [3.63, 3.8) is 0 Å². The van der Waals surface area contributed by atoms with Crippen molar-refractivity contribution >= 4 is 11.9 Å². The van der Waals surface area contributed by atoms with Crippen LogP contribution in [0.25, 0.3) is 0 Å². The van der Waals surface area contributed by atoms with Crippen LogP contribution in [0.15, 0.2) is 0 Å². The van der Waals surface area contributed by atoms with E-state index in [1.54, 1.807) is 18.9 Å². The maximum Gasteiger partial charge on any atom is 0.320 e. The third-order valence-corrected chi connectivity index (χ3v) is 3.68. The Balaban J connectivity index is 2.21. The van der Waals surface area contributed by atoms with Crippen molar-refractivity contribution < 1.29 is 14.7 Å². The highest BCUT2D eigenvalue weighted by Gasteiger charge is 2.19. The number of nitrogens with zero attached hydrogens (tertiary/aromatic N) is 1. The molecule has 1 aliphatic carbocycles. The molecule has 0 spiro atoms. The molecule has 0 heterocycles. The fourth-order valence-corrected chi connectivity index (χ4v) is 2.21. The molecule has 5 nitrogen and oxygen atoms in total. The number of aliphatic carboxylic acids is 1. The summed E-state index contributed by atoms with van der Waals surface area (Å²) in [6.07, 6.45) is 6.18. The largest absolute Gasteiger partial charge is 0.480 e. The molecular formula is C13H24N2O3. The smallest absolute Gasteiger partial charge is 0.320 e. The molecule has 1 unspecified atom stereocenters. The van der Waals surface area contributed by atoms with Crippen molar-refractivity contribution in [1.29, 1.82) is 0 Å². The standard InChI is InChI=1S/C13H24N2O3/c1-10(13(17)18)15(2)9-8-12(16)14-11-6-4-3-5-7-11/h10-11H,3-9H2,1-2H3,(H,14,16)(H,17,18). The lowest BCUT2D eigenvalue weighted by Gasteiger charge is -2.24. The summed E-state index contributed by atoms with van der Waals surface area (Å²) in [6.45, 7) is 2.10. The summed E-state index contributed by atoms with van der Waals surface area (Å²) in [5, 5.41) is 11.9. The molecule has 5 heteroatoms. The molecule has 0 aromatic carbocycles. The van der Waals surface area contributed by atoms with E-state index in [0.717, 1.165) is 12.8 Å². The summed E-state index contributed by atoms with van der Waals surface area (Å²) in [4.78, 5) is 24.2. The molecule has 0 bridgehead atoms. The molecule has 0 aromatic heterocycles. The van der Waals surface area contributed by atoms with Crippen LogP contribution >= 0.6 is 0 Å². The maximum atomic E-state index is 11.7. The highest BCUT2D eigenvalue weighted by Crippen LogP contribution is 2.17. The summed E-state index contributed by atoms with van der Waals surface area (Å²) in [5.74, 6) is -0.823. The van der Waals surface area contributed by atoms with Gasteiger partial charge in [-0.05, 0) is 26.8 Å². The van der Waals surface area contributed by atoms with Crippen LogP contribution in [0.4, 0.5) is 0 Å². The van der Waals surface area contributed by atoms with Crippen LogP contribution in [0.3, 0.4) is 0 Å². The minimum Gasteiger partial charge on any atom is -0.480 e. The number of likely N-dealkylation sites (N-methyl/N-ethyl adjacent to an activating group) is 1. The van der Waals surface area contributed by atoms with E-state index in [2.05, 4.69) is 5.32 Å². The SMILES string of the molecule is CC(C(=O)O)N(C)CCC(=O)NC1CCCCC1. The number of carboxylic acid groups (broad SMARTS) is 1. The van der Waals surface area contributed by atoms with E-state index >= 15 is 0 Å². The van der Waals surface area contributed by atoms with Gasteiger partial charge >= 0.3 is 5.97 Å². The topological polar surface area (TPSA) is 69.6 Å². The summed E-state index contributed by atoms with van der Waals surface area (Å²) in [5.41, 5.74) is 0. The summed E-state index contributed by atoms with van der Waals surface area (Å²) in [6, 6.07) is -0.221. The Morgan fingerprint density at radius 2 is 1.94 bits per heavy atom. The van der Waals surface area contributed by atoms with Crippen molar-refractivity contribution in [2.24, 2.45) is 0 Å². The first-order valence-corrected chi connectivity index (χ1v) is 6.73. The van der Waals surface area contributed by atoms with Gasteiger partial charge in [0.05, 0.1) is 0 Å². The lowest BCUT2D eigenvalue weighted by Crippen LogP contribution is -2.40. The van der Waals surface area contributed by atoms with Crippen molar-refractivity contribution in [1.82, 2.24) is 10.2 Å². The third kappa shape index (κ3) is 5.04. The molecule has 104 valence electrons. The van der Waals surface area contributed by atoms with Crippen LogP contribution in [-0.2, 0) is 9.59 Å². The van der Waals surface area contributed by atoms with E-state index in [-0.39, 0.29) is 5.91 Å². The number of hydrogen-bond acceptors (Lipinski definition) is 3. The van der Waals surface area contributed by atoms with Crippen molar-refractivity contribution in [3.05, 3.63) is 0 Å². The minimum atomic E-state index is -0.856. The number of nitrogens with one attached hydrogen (secondary N) is 1. The van der Waals surface area contributed by atoms with Gasteiger partial charge in [0.2, 0.25) is 5.91 Å². The van der Waals surface area contributed by atoms with E-state index in [1.165, 1.54) is 19.3 Å². The molecule has 2 N–H and O–H groups in total. The second-order valence-corrected chi connectivity index (χ2v) is 5.15. The average molecular weight is 256 g/mol. The summed E-state index contributed by atoms with van der Waals surface area (Å²) < 4.78 is 0. The maximum absolute atomic E-state index is 11.7. The number of amides is 1. The molecule has 1 fully saturated rings. The Morgan fingerprint density at radius 1 is 1.33 bits per heavy atom. The highest BCUT2D eigenvalue weighted by molar-refractivity contribution is 5.76. The lowest BCUT2D eigenvalue weighted by atomic mass is 9.95. The summed E-state index contributed by atoms with van der Waals surface area (Å²) >= 11 is 0. The van der Waals surface area contributed by atoms with Gasteiger partial charge in [-0.1, -0.05) is 19.3 Å². The van der Waals surface area contributed by atoms with Crippen LogP contribution in [0.2, 0.25) is 0 Å². The zero-order chi connectivity index (χ0) is 13.5. The van der Waals surface area contributed by atoms with Crippen LogP contribution < -0.4 is 5.32 Å². The predicted octanol–water partition coefficient (Wildman–Crippen LogP) is 1.23. The fraction of sp³-hybridized carbons (Fsp3) is 0.846. The van der Waals surface area contributed by atoms with E-state index in [1.807, 2.05) is 0 Å². The highest BCUT2D eigenvalue weighted by atomic mass is 16.4. The Morgan fingerprint density at radius 3 is 2.50 bits per heavy atom. The molecular weight excluding hydrogens is 232 g/mol. The predicted molar refractivity (Wildman–Crippen MR) is 69.4 cm³/mol. The average Bonchev–Trinajstić information content (AvgIpc) is 2.36. The number of carbonyl (C=O) groups is 2. The van der Waals surface area contributed by atoms with Crippen LogP contribution in [0, 0.1) is 0 Å². The molecule has 1 saturated carbocycles. The van der Waals surface area contributed by atoms with Crippen LogP contribution in [0.1, 0.15) is 45.4 Å². The molecule has 1 aliphatic rings. The minimum absolute atomic E-state index is 0.0336. The zero-order valence-corrected chi connectivity index (χ0v) is 11.3. The molecule has 18 heavy (non-hydrogen) atoms.